The second kappa shape index (κ2) is 4.58. The van der Waals surface area contributed by atoms with Crippen LogP contribution in [0.5, 0.6) is 0 Å². The lowest BCUT2D eigenvalue weighted by atomic mass is 9.85. The Kier molecular flexibility index (Phi) is 2.97. The number of rotatable bonds is 1. The Morgan fingerprint density at radius 1 is 1.19 bits per heavy atom. The van der Waals surface area contributed by atoms with Crippen LogP contribution in [-0.4, -0.2) is 16.6 Å². The van der Waals surface area contributed by atoms with Crippen LogP contribution in [0, 0.1) is 12.3 Å². The molecule has 2 heterocycles. The van der Waals surface area contributed by atoms with E-state index in [1.165, 1.54) is 0 Å². The molecule has 4 heteroatoms. The van der Waals surface area contributed by atoms with Crippen LogP contribution in [0.4, 0.5) is 0 Å². The molecule has 0 radical (unpaired) electrons. The first kappa shape index (κ1) is 13.6. The van der Waals surface area contributed by atoms with E-state index in [2.05, 4.69) is 42.3 Å². The molecule has 0 spiro atoms. The quantitative estimate of drug-likeness (QED) is 0.773. The van der Waals surface area contributed by atoms with Crippen LogP contribution < -0.4 is 5.43 Å². The highest BCUT2D eigenvalue weighted by atomic mass is 16.2. The highest BCUT2D eigenvalue weighted by molar-refractivity contribution is 6.29. The second-order valence-electron chi connectivity index (χ2n) is 6.42. The fourth-order valence-electron chi connectivity index (χ4n) is 2.67. The molecule has 1 aliphatic rings. The molecule has 1 aliphatic heterocycles. The summed E-state index contributed by atoms with van der Waals surface area (Å²) in [5.74, 6) is -0.135. The minimum Gasteiger partial charge on any atom is -0.358 e. The van der Waals surface area contributed by atoms with Crippen LogP contribution in [0.1, 0.15) is 32.0 Å². The second-order valence-corrected chi connectivity index (χ2v) is 6.42. The third-order valence-electron chi connectivity index (χ3n) is 3.71. The highest BCUT2D eigenvalue weighted by Crippen LogP contribution is 2.29. The molecule has 108 valence electrons. The smallest absolute Gasteiger partial charge is 0.273 e. The van der Waals surface area contributed by atoms with Gasteiger partial charge in [-0.2, -0.15) is 5.10 Å². The molecule has 21 heavy (non-hydrogen) atoms. The van der Waals surface area contributed by atoms with Gasteiger partial charge in [-0.25, -0.2) is 5.43 Å². The summed E-state index contributed by atoms with van der Waals surface area (Å²) >= 11 is 0. The molecule has 2 N–H and O–H groups in total. The molecule has 1 aromatic heterocycles. The Morgan fingerprint density at radius 2 is 1.90 bits per heavy atom. The number of para-hydroxylation sites is 1. The Morgan fingerprint density at radius 3 is 2.62 bits per heavy atom. The summed E-state index contributed by atoms with van der Waals surface area (Å²) in [5, 5.41) is 5.32. The topological polar surface area (TPSA) is 57.2 Å². The van der Waals surface area contributed by atoms with Crippen molar-refractivity contribution in [1.29, 1.82) is 0 Å². The summed E-state index contributed by atoms with van der Waals surface area (Å²) in [6.07, 6.45) is 1.95. The van der Waals surface area contributed by atoms with Crippen LogP contribution >= 0.6 is 0 Å². The van der Waals surface area contributed by atoms with Crippen LogP contribution in [-0.2, 0) is 4.79 Å². The minimum atomic E-state index is -0.176. The van der Waals surface area contributed by atoms with E-state index in [0.717, 1.165) is 27.9 Å². The van der Waals surface area contributed by atoms with Gasteiger partial charge in [-0.15, -0.1) is 0 Å². The molecule has 0 fully saturated rings. The predicted molar refractivity (Wildman–Crippen MR) is 86.0 cm³/mol. The standard InChI is InChI=1S/C17H19N3O/c1-10-12(11-7-5-6-8-14(11)18-10)9-13-15(17(2,3)4)19-20-16(13)21/h5-9,18H,1-4H3,(H,20,21). The summed E-state index contributed by atoms with van der Waals surface area (Å²) in [4.78, 5) is 15.5. The largest absolute Gasteiger partial charge is 0.358 e. The Hall–Kier alpha value is -2.36. The molecule has 0 saturated heterocycles. The van der Waals surface area contributed by atoms with Crippen molar-refractivity contribution in [2.24, 2.45) is 10.5 Å². The average molecular weight is 281 g/mol. The van der Waals surface area contributed by atoms with Crippen molar-refractivity contribution < 1.29 is 4.79 Å². The molecule has 0 atom stereocenters. The zero-order valence-corrected chi connectivity index (χ0v) is 12.7. The summed E-state index contributed by atoms with van der Waals surface area (Å²) in [7, 11) is 0. The fourth-order valence-corrected chi connectivity index (χ4v) is 2.67. The van der Waals surface area contributed by atoms with E-state index in [1.54, 1.807) is 0 Å². The highest BCUT2D eigenvalue weighted by Gasteiger charge is 2.31. The number of fused-ring (bicyclic) bond motifs is 1. The van der Waals surface area contributed by atoms with E-state index >= 15 is 0 Å². The van der Waals surface area contributed by atoms with Crippen LogP contribution in [0.3, 0.4) is 0 Å². The van der Waals surface area contributed by atoms with E-state index in [1.807, 2.05) is 31.2 Å². The van der Waals surface area contributed by atoms with Gasteiger partial charge in [-0.3, -0.25) is 4.79 Å². The summed E-state index contributed by atoms with van der Waals surface area (Å²) in [6.45, 7) is 8.19. The zero-order valence-electron chi connectivity index (χ0n) is 12.7. The number of aromatic nitrogens is 1. The lowest BCUT2D eigenvalue weighted by Crippen LogP contribution is -2.22. The van der Waals surface area contributed by atoms with Gasteiger partial charge in [0.2, 0.25) is 0 Å². The molecule has 0 aliphatic carbocycles. The van der Waals surface area contributed by atoms with Crippen LogP contribution in [0.15, 0.2) is 34.9 Å². The maximum Gasteiger partial charge on any atom is 0.273 e. The summed E-state index contributed by atoms with van der Waals surface area (Å²) in [5.41, 5.74) is 7.03. The van der Waals surface area contributed by atoms with Crippen molar-refractivity contribution in [2.75, 3.05) is 0 Å². The number of H-pyrrole nitrogens is 1. The lowest BCUT2D eigenvalue weighted by molar-refractivity contribution is -0.116. The van der Waals surface area contributed by atoms with Gasteiger partial charge in [-0.1, -0.05) is 39.0 Å². The molecular weight excluding hydrogens is 262 g/mol. The third kappa shape index (κ3) is 2.27. The van der Waals surface area contributed by atoms with E-state index in [0.29, 0.717) is 5.57 Å². The lowest BCUT2D eigenvalue weighted by Gasteiger charge is -2.18. The number of benzene rings is 1. The minimum absolute atomic E-state index is 0.135. The fraction of sp³-hybridized carbons (Fsp3) is 0.294. The Bertz CT molecular complexity index is 788. The maximum absolute atomic E-state index is 12.1. The molecular formula is C17H19N3O. The van der Waals surface area contributed by atoms with Crippen molar-refractivity contribution in [1.82, 2.24) is 10.4 Å². The number of carbonyl (C=O) groups is 1. The number of hydrogen-bond acceptors (Lipinski definition) is 2. The first-order valence-electron chi connectivity index (χ1n) is 7.06. The number of hydrogen-bond donors (Lipinski definition) is 2. The van der Waals surface area contributed by atoms with Crippen molar-refractivity contribution in [3.63, 3.8) is 0 Å². The number of carbonyl (C=O) groups excluding carboxylic acids is 1. The SMILES string of the molecule is Cc1[nH]c2ccccc2c1C=C1C(=O)NN=C1C(C)(C)C. The van der Waals surface area contributed by atoms with E-state index in [-0.39, 0.29) is 11.3 Å². The van der Waals surface area contributed by atoms with Crippen molar-refractivity contribution in [3.05, 3.63) is 41.1 Å². The zero-order chi connectivity index (χ0) is 15.2. The van der Waals surface area contributed by atoms with Crippen LogP contribution in [0.25, 0.3) is 17.0 Å². The summed E-state index contributed by atoms with van der Waals surface area (Å²) < 4.78 is 0. The van der Waals surface area contributed by atoms with E-state index in [9.17, 15) is 4.79 Å². The van der Waals surface area contributed by atoms with Crippen molar-refractivity contribution in [3.8, 4) is 0 Å². The first-order valence-corrected chi connectivity index (χ1v) is 7.06. The number of hydrazone groups is 1. The number of aryl methyl sites for hydroxylation is 1. The molecule has 1 amide bonds. The first-order chi connectivity index (χ1) is 9.88. The average Bonchev–Trinajstić information content (AvgIpc) is 2.92. The molecule has 2 aromatic rings. The number of nitrogens with one attached hydrogen (secondary N) is 2. The number of amides is 1. The normalized spacial score (nSPS) is 17.4. The van der Waals surface area contributed by atoms with Gasteiger partial charge >= 0.3 is 0 Å². The van der Waals surface area contributed by atoms with Gasteiger partial charge in [0, 0.05) is 27.6 Å². The summed E-state index contributed by atoms with van der Waals surface area (Å²) in [6, 6.07) is 8.11. The van der Waals surface area contributed by atoms with Crippen molar-refractivity contribution >= 4 is 28.6 Å². The molecule has 0 bridgehead atoms. The predicted octanol–water partition coefficient (Wildman–Crippen LogP) is 3.39. The van der Waals surface area contributed by atoms with Crippen LogP contribution in [0.2, 0.25) is 0 Å². The van der Waals surface area contributed by atoms with Gasteiger partial charge in [0.15, 0.2) is 0 Å². The molecule has 3 rings (SSSR count). The van der Waals surface area contributed by atoms with Gasteiger partial charge in [0.05, 0.1) is 11.3 Å². The third-order valence-corrected chi connectivity index (χ3v) is 3.71. The number of nitrogens with zero attached hydrogens (tertiary/aromatic N) is 1. The van der Waals surface area contributed by atoms with Gasteiger partial charge in [0.25, 0.3) is 5.91 Å². The monoisotopic (exact) mass is 281 g/mol. The molecule has 0 unspecified atom stereocenters. The van der Waals surface area contributed by atoms with E-state index < -0.39 is 0 Å². The molecule has 4 nitrogen and oxygen atoms in total. The van der Waals surface area contributed by atoms with E-state index in [4.69, 9.17) is 0 Å². The Labute approximate surface area is 123 Å². The molecule has 1 aromatic carbocycles. The maximum atomic E-state index is 12.1. The van der Waals surface area contributed by atoms with Gasteiger partial charge < -0.3 is 4.98 Å². The van der Waals surface area contributed by atoms with Gasteiger partial charge in [0.1, 0.15) is 0 Å². The van der Waals surface area contributed by atoms with Crippen molar-refractivity contribution in [2.45, 2.75) is 27.7 Å². The molecule has 0 saturated carbocycles. The number of aromatic amines is 1. The van der Waals surface area contributed by atoms with Gasteiger partial charge in [-0.05, 0) is 19.1 Å². The Balaban J connectivity index is 2.18.